The van der Waals surface area contributed by atoms with Gasteiger partial charge in [0, 0.05) is 17.5 Å². The molecule has 0 aliphatic carbocycles. The third-order valence-corrected chi connectivity index (χ3v) is 3.40. The van der Waals surface area contributed by atoms with E-state index in [-0.39, 0.29) is 0 Å². The number of hydrogen-bond acceptors (Lipinski definition) is 3. The fourth-order valence-corrected chi connectivity index (χ4v) is 2.30. The maximum Gasteiger partial charge on any atom is 0.134 e. The molecule has 0 saturated heterocycles. The van der Waals surface area contributed by atoms with E-state index >= 15 is 0 Å². The van der Waals surface area contributed by atoms with Crippen LogP contribution in [0.1, 0.15) is 25.2 Å². The lowest BCUT2D eigenvalue weighted by Crippen LogP contribution is -2.22. The molecule has 1 heterocycles. The van der Waals surface area contributed by atoms with Crippen LogP contribution in [0.2, 0.25) is 0 Å². The van der Waals surface area contributed by atoms with E-state index in [1.165, 1.54) is 10.9 Å². The summed E-state index contributed by atoms with van der Waals surface area (Å²) in [6.07, 6.45) is 0. The molecule has 18 heavy (non-hydrogen) atoms. The van der Waals surface area contributed by atoms with E-state index < -0.39 is 0 Å². The highest BCUT2D eigenvalue weighted by molar-refractivity contribution is 5.82. The normalized spacial score (nSPS) is 11.6. The molecule has 1 aromatic heterocycles. The molecular formula is C15H22N2O. The summed E-state index contributed by atoms with van der Waals surface area (Å²) in [7, 11) is 1.98. The molecule has 1 aromatic carbocycles. The summed E-state index contributed by atoms with van der Waals surface area (Å²) in [6.45, 7) is 8.21. The van der Waals surface area contributed by atoms with Crippen LogP contribution >= 0.6 is 0 Å². The number of rotatable bonds is 6. The predicted molar refractivity (Wildman–Crippen MR) is 75.6 cm³/mol. The summed E-state index contributed by atoms with van der Waals surface area (Å²) >= 11 is 0. The van der Waals surface area contributed by atoms with Gasteiger partial charge in [-0.3, -0.25) is 4.90 Å². The summed E-state index contributed by atoms with van der Waals surface area (Å²) in [5, 5.41) is 4.46. The SMILES string of the molecule is CCN(CC)Cc1oc2ccccc2c1CNC. The quantitative estimate of drug-likeness (QED) is 0.849. The van der Waals surface area contributed by atoms with E-state index in [9.17, 15) is 0 Å². The Morgan fingerprint density at radius 3 is 2.56 bits per heavy atom. The first kappa shape index (κ1) is 13.1. The minimum atomic E-state index is 0.855. The molecule has 0 spiro atoms. The second-order valence-electron chi connectivity index (χ2n) is 4.49. The van der Waals surface area contributed by atoms with Crippen LogP contribution in [0.4, 0.5) is 0 Å². The molecule has 3 nitrogen and oxygen atoms in total. The molecule has 0 fully saturated rings. The third-order valence-electron chi connectivity index (χ3n) is 3.40. The molecule has 0 aliphatic heterocycles. The summed E-state index contributed by atoms with van der Waals surface area (Å²) in [4.78, 5) is 2.37. The van der Waals surface area contributed by atoms with Gasteiger partial charge in [-0.05, 0) is 26.2 Å². The van der Waals surface area contributed by atoms with E-state index in [4.69, 9.17) is 4.42 Å². The van der Waals surface area contributed by atoms with Gasteiger partial charge in [-0.15, -0.1) is 0 Å². The minimum absolute atomic E-state index is 0.855. The van der Waals surface area contributed by atoms with Crippen LogP contribution < -0.4 is 5.32 Å². The second-order valence-corrected chi connectivity index (χ2v) is 4.49. The van der Waals surface area contributed by atoms with Crippen LogP contribution in [0, 0.1) is 0 Å². The van der Waals surface area contributed by atoms with Crippen molar-refractivity contribution in [3.63, 3.8) is 0 Å². The molecule has 2 rings (SSSR count). The van der Waals surface area contributed by atoms with E-state index in [0.29, 0.717) is 0 Å². The van der Waals surface area contributed by atoms with Crippen molar-refractivity contribution < 1.29 is 4.42 Å². The van der Waals surface area contributed by atoms with Gasteiger partial charge in [0.2, 0.25) is 0 Å². The zero-order valence-corrected chi connectivity index (χ0v) is 11.5. The number of nitrogens with one attached hydrogen (secondary N) is 1. The summed E-state index contributed by atoms with van der Waals surface area (Å²) in [5.41, 5.74) is 2.28. The Bertz CT molecular complexity index is 500. The molecule has 0 unspecified atom stereocenters. The van der Waals surface area contributed by atoms with Crippen LogP contribution in [-0.4, -0.2) is 25.0 Å². The molecule has 0 saturated carbocycles. The molecule has 0 aliphatic rings. The van der Waals surface area contributed by atoms with Gasteiger partial charge in [0.1, 0.15) is 11.3 Å². The number of para-hydroxylation sites is 1. The van der Waals surface area contributed by atoms with E-state index in [1.54, 1.807) is 0 Å². The molecule has 0 atom stereocenters. The van der Waals surface area contributed by atoms with E-state index in [0.717, 1.165) is 37.5 Å². The summed E-state index contributed by atoms with van der Waals surface area (Å²) in [6, 6.07) is 8.27. The number of benzene rings is 1. The largest absolute Gasteiger partial charge is 0.459 e. The maximum atomic E-state index is 6.00. The van der Waals surface area contributed by atoms with Gasteiger partial charge in [-0.2, -0.15) is 0 Å². The predicted octanol–water partition coefficient (Wildman–Crippen LogP) is 2.99. The molecule has 0 bridgehead atoms. The van der Waals surface area contributed by atoms with Crippen molar-refractivity contribution in [2.75, 3.05) is 20.1 Å². The first-order valence-electron chi connectivity index (χ1n) is 6.66. The number of hydrogen-bond donors (Lipinski definition) is 1. The maximum absolute atomic E-state index is 6.00. The summed E-state index contributed by atoms with van der Waals surface area (Å²) in [5.74, 6) is 1.09. The average molecular weight is 246 g/mol. The lowest BCUT2D eigenvalue weighted by molar-refractivity contribution is 0.270. The monoisotopic (exact) mass is 246 g/mol. The zero-order chi connectivity index (χ0) is 13.0. The molecule has 1 N–H and O–H groups in total. The highest BCUT2D eigenvalue weighted by atomic mass is 16.3. The van der Waals surface area contributed by atoms with Crippen molar-refractivity contribution in [3.05, 3.63) is 35.6 Å². The minimum Gasteiger partial charge on any atom is -0.459 e. The van der Waals surface area contributed by atoms with Crippen molar-refractivity contribution in [1.29, 1.82) is 0 Å². The highest BCUT2D eigenvalue weighted by Crippen LogP contribution is 2.26. The number of fused-ring (bicyclic) bond motifs is 1. The lowest BCUT2D eigenvalue weighted by Gasteiger charge is -2.17. The molecule has 98 valence electrons. The van der Waals surface area contributed by atoms with Gasteiger partial charge in [-0.1, -0.05) is 32.0 Å². The Labute approximate surface area is 109 Å². The van der Waals surface area contributed by atoms with Crippen LogP contribution in [0.25, 0.3) is 11.0 Å². The van der Waals surface area contributed by atoms with Crippen LogP contribution in [0.3, 0.4) is 0 Å². The van der Waals surface area contributed by atoms with Gasteiger partial charge < -0.3 is 9.73 Å². The topological polar surface area (TPSA) is 28.4 Å². The Morgan fingerprint density at radius 1 is 1.17 bits per heavy atom. The zero-order valence-electron chi connectivity index (χ0n) is 11.5. The van der Waals surface area contributed by atoms with Crippen molar-refractivity contribution >= 4 is 11.0 Å². The van der Waals surface area contributed by atoms with Crippen molar-refractivity contribution in [1.82, 2.24) is 10.2 Å². The van der Waals surface area contributed by atoms with Crippen LogP contribution in [0.5, 0.6) is 0 Å². The lowest BCUT2D eigenvalue weighted by atomic mass is 10.1. The molecule has 3 heteroatoms. The Kier molecular flexibility index (Phi) is 4.39. The number of furan rings is 1. The Hall–Kier alpha value is -1.32. The van der Waals surface area contributed by atoms with E-state index in [2.05, 4.69) is 36.2 Å². The first-order chi connectivity index (χ1) is 8.80. The van der Waals surface area contributed by atoms with E-state index in [1.807, 2.05) is 19.2 Å². The van der Waals surface area contributed by atoms with Crippen LogP contribution in [0.15, 0.2) is 28.7 Å². The first-order valence-corrected chi connectivity index (χ1v) is 6.66. The third kappa shape index (κ3) is 2.57. The molecular weight excluding hydrogens is 224 g/mol. The molecule has 2 aromatic rings. The van der Waals surface area contributed by atoms with Gasteiger partial charge in [0.15, 0.2) is 0 Å². The average Bonchev–Trinajstić information content (AvgIpc) is 2.75. The highest BCUT2D eigenvalue weighted by Gasteiger charge is 2.14. The van der Waals surface area contributed by atoms with Gasteiger partial charge in [0.05, 0.1) is 6.54 Å². The van der Waals surface area contributed by atoms with Gasteiger partial charge in [0.25, 0.3) is 0 Å². The summed E-state index contributed by atoms with van der Waals surface area (Å²) < 4.78 is 6.00. The van der Waals surface area contributed by atoms with Crippen LogP contribution in [-0.2, 0) is 13.1 Å². The van der Waals surface area contributed by atoms with Crippen molar-refractivity contribution in [2.45, 2.75) is 26.9 Å². The van der Waals surface area contributed by atoms with Crippen molar-refractivity contribution in [3.8, 4) is 0 Å². The smallest absolute Gasteiger partial charge is 0.134 e. The Balaban J connectivity index is 2.38. The van der Waals surface area contributed by atoms with Gasteiger partial charge in [-0.25, -0.2) is 0 Å². The second kappa shape index (κ2) is 6.03. The van der Waals surface area contributed by atoms with Crippen molar-refractivity contribution in [2.24, 2.45) is 0 Å². The number of nitrogens with zero attached hydrogens (tertiary/aromatic N) is 1. The molecule has 0 radical (unpaired) electrons. The van der Waals surface area contributed by atoms with Gasteiger partial charge >= 0.3 is 0 Å². The fourth-order valence-electron chi connectivity index (χ4n) is 2.30. The standard InChI is InChI=1S/C15H22N2O/c1-4-17(5-2)11-15-13(10-16-3)12-8-6-7-9-14(12)18-15/h6-9,16H,4-5,10-11H2,1-3H3. The Morgan fingerprint density at radius 2 is 1.89 bits per heavy atom. The molecule has 0 amide bonds. The fraction of sp³-hybridized carbons (Fsp3) is 0.467.